The third-order valence-electron chi connectivity index (χ3n) is 5.93. The molecule has 0 amide bonds. The fraction of sp³-hybridized carbons (Fsp3) is 0.684. The molecule has 0 aromatic heterocycles. The molecule has 2 fully saturated rings. The lowest BCUT2D eigenvalue weighted by Gasteiger charge is -2.39. The summed E-state index contributed by atoms with van der Waals surface area (Å²) in [6, 6.07) is 10.6. The molecule has 0 aliphatic heterocycles. The largest absolute Gasteiger partial charge is 0.378 e. The summed E-state index contributed by atoms with van der Waals surface area (Å²) >= 11 is 0. The molecule has 2 heteroatoms. The number of nitrogens with one attached hydrogen (secondary N) is 1. The summed E-state index contributed by atoms with van der Waals surface area (Å²) in [6.45, 7) is 2.96. The van der Waals surface area contributed by atoms with E-state index in [1.165, 1.54) is 38.5 Å². The number of benzene rings is 1. The van der Waals surface area contributed by atoms with Gasteiger partial charge in [0.15, 0.2) is 0 Å². The van der Waals surface area contributed by atoms with Gasteiger partial charge >= 0.3 is 0 Å². The van der Waals surface area contributed by atoms with Gasteiger partial charge in [-0.1, -0.05) is 24.3 Å². The Morgan fingerprint density at radius 1 is 1.05 bits per heavy atom. The van der Waals surface area contributed by atoms with Gasteiger partial charge in [-0.15, -0.1) is 0 Å². The van der Waals surface area contributed by atoms with Crippen molar-refractivity contribution in [2.24, 2.45) is 11.8 Å². The van der Waals surface area contributed by atoms with Crippen molar-refractivity contribution in [2.45, 2.75) is 63.6 Å². The topological polar surface area (TPSA) is 21.3 Å². The van der Waals surface area contributed by atoms with Gasteiger partial charge < -0.3 is 10.1 Å². The first-order valence-electron chi connectivity index (χ1n) is 8.78. The van der Waals surface area contributed by atoms with E-state index >= 15 is 0 Å². The van der Waals surface area contributed by atoms with E-state index in [1.54, 1.807) is 11.1 Å². The van der Waals surface area contributed by atoms with Crippen molar-refractivity contribution in [3.8, 4) is 0 Å². The van der Waals surface area contributed by atoms with Crippen molar-refractivity contribution in [3.05, 3.63) is 35.4 Å². The Kier molecular flexibility index (Phi) is 3.76. The second kappa shape index (κ2) is 5.73. The number of hydrogen-bond donors (Lipinski definition) is 1. The van der Waals surface area contributed by atoms with Crippen molar-refractivity contribution in [1.82, 2.24) is 5.32 Å². The van der Waals surface area contributed by atoms with Gasteiger partial charge in [-0.2, -0.15) is 0 Å². The van der Waals surface area contributed by atoms with Gasteiger partial charge in [0.25, 0.3) is 0 Å². The molecule has 1 aromatic rings. The molecule has 2 nitrogen and oxygen atoms in total. The fourth-order valence-corrected chi connectivity index (χ4v) is 4.77. The van der Waals surface area contributed by atoms with Gasteiger partial charge in [-0.3, -0.25) is 0 Å². The van der Waals surface area contributed by atoms with Gasteiger partial charge in [-0.25, -0.2) is 0 Å². The lowest BCUT2D eigenvalue weighted by Crippen LogP contribution is -2.52. The van der Waals surface area contributed by atoms with Crippen molar-refractivity contribution in [1.29, 1.82) is 0 Å². The third kappa shape index (κ3) is 2.64. The Balaban J connectivity index is 1.42. The molecule has 21 heavy (non-hydrogen) atoms. The molecule has 2 bridgehead atoms. The van der Waals surface area contributed by atoms with Gasteiger partial charge in [0.05, 0.1) is 6.10 Å². The van der Waals surface area contributed by atoms with Crippen molar-refractivity contribution in [2.75, 3.05) is 6.61 Å². The van der Waals surface area contributed by atoms with Gasteiger partial charge in [-0.05, 0) is 68.4 Å². The highest BCUT2D eigenvalue weighted by atomic mass is 16.5. The van der Waals surface area contributed by atoms with Crippen molar-refractivity contribution < 1.29 is 4.74 Å². The Bertz CT molecular complexity index is 461. The van der Waals surface area contributed by atoms with Crippen LogP contribution in [-0.4, -0.2) is 24.8 Å². The van der Waals surface area contributed by atoms with Crippen molar-refractivity contribution in [3.63, 3.8) is 0 Å². The normalized spacial score (nSPS) is 37.7. The maximum Gasteiger partial charge on any atom is 0.0604 e. The summed E-state index contributed by atoms with van der Waals surface area (Å²) in [4.78, 5) is 0. The summed E-state index contributed by atoms with van der Waals surface area (Å²) < 4.78 is 5.70. The molecule has 3 aliphatic carbocycles. The quantitative estimate of drug-likeness (QED) is 0.916. The minimum absolute atomic E-state index is 0.521. The minimum Gasteiger partial charge on any atom is -0.378 e. The molecule has 114 valence electrons. The summed E-state index contributed by atoms with van der Waals surface area (Å²) in [5.41, 5.74) is 3.22. The van der Waals surface area contributed by atoms with Crippen LogP contribution < -0.4 is 5.32 Å². The maximum absolute atomic E-state index is 5.70. The fourth-order valence-electron chi connectivity index (χ4n) is 4.77. The number of hydrogen-bond acceptors (Lipinski definition) is 2. The second-order valence-corrected chi connectivity index (χ2v) is 7.21. The molecule has 0 heterocycles. The molecule has 0 saturated heterocycles. The SMILES string of the molecule is CCOC1CC(NC2C3CCC2Cc2ccccc2C3)C1. The predicted octanol–water partition coefficient (Wildman–Crippen LogP) is 3.34. The average molecular weight is 285 g/mol. The van der Waals surface area contributed by atoms with Crippen LogP contribution in [0.25, 0.3) is 0 Å². The summed E-state index contributed by atoms with van der Waals surface area (Å²) in [7, 11) is 0. The zero-order chi connectivity index (χ0) is 14.2. The third-order valence-corrected chi connectivity index (χ3v) is 5.93. The van der Waals surface area contributed by atoms with Crippen LogP contribution in [0.5, 0.6) is 0 Å². The Morgan fingerprint density at radius 2 is 1.67 bits per heavy atom. The molecular weight excluding hydrogens is 258 g/mol. The summed E-state index contributed by atoms with van der Waals surface area (Å²) in [6.07, 6.45) is 8.36. The van der Waals surface area contributed by atoms with Crippen LogP contribution in [0.2, 0.25) is 0 Å². The average Bonchev–Trinajstić information content (AvgIpc) is 2.72. The van der Waals surface area contributed by atoms with Crippen LogP contribution in [0, 0.1) is 11.8 Å². The lowest BCUT2D eigenvalue weighted by atomic mass is 9.86. The first-order chi connectivity index (χ1) is 10.3. The van der Waals surface area contributed by atoms with E-state index in [0.717, 1.165) is 24.5 Å². The Hall–Kier alpha value is -0.860. The summed E-state index contributed by atoms with van der Waals surface area (Å²) in [5, 5.41) is 4.00. The number of ether oxygens (including phenoxy) is 1. The van der Waals surface area contributed by atoms with E-state index in [-0.39, 0.29) is 0 Å². The van der Waals surface area contributed by atoms with Crippen LogP contribution in [0.3, 0.4) is 0 Å². The molecule has 3 aliphatic rings. The summed E-state index contributed by atoms with van der Waals surface area (Å²) in [5.74, 6) is 1.70. The van der Waals surface area contributed by atoms with Crippen molar-refractivity contribution >= 4 is 0 Å². The van der Waals surface area contributed by atoms with E-state index in [2.05, 4.69) is 36.5 Å². The molecule has 0 spiro atoms. The highest BCUT2D eigenvalue weighted by Gasteiger charge is 2.41. The molecule has 4 rings (SSSR count). The zero-order valence-electron chi connectivity index (χ0n) is 13.1. The number of fused-ring (bicyclic) bond motifs is 3. The van der Waals surface area contributed by atoms with Crippen LogP contribution in [-0.2, 0) is 17.6 Å². The standard InChI is InChI=1S/C19H27NO/c1-2-21-18-11-17(12-18)20-19-15-7-8-16(19)10-14-6-4-3-5-13(14)9-15/h3-6,15-20H,2,7-12H2,1H3. The maximum atomic E-state index is 5.70. The van der Waals surface area contributed by atoms with E-state index in [9.17, 15) is 0 Å². The highest BCUT2D eigenvalue weighted by molar-refractivity contribution is 5.31. The first kappa shape index (κ1) is 13.8. The Morgan fingerprint density at radius 3 is 2.24 bits per heavy atom. The zero-order valence-corrected chi connectivity index (χ0v) is 13.1. The van der Waals surface area contributed by atoms with Crippen LogP contribution in [0.4, 0.5) is 0 Å². The van der Waals surface area contributed by atoms with E-state index < -0.39 is 0 Å². The molecule has 2 unspecified atom stereocenters. The smallest absolute Gasteiger partial charge is 0.0604 e. The molecule has 2 saturated carbocycles. The monoisotopic (exact) mass is 285 g/mol. The second-order valence-electron chi connectivity index (χ2n) is 7.21. The molecule has 1 N–H and O–H groups in total. The molecule has 0 radical (unpaired) electrons. The molecule has 2 atom stereocenters. The predicted molar refractivity (Wildman–Crippen MR) is 85.4 cm³/mol. The van der Waals surface area contributed by atoms with E-state index in [0.29, 0.717) is 12.1 Å². The first-order valence-corrected chi connectivity index (χ1v) is 8.78. The minimum atomic E-state index is 0.521. The van der Waals surface area contributed by atoms with Crippen LogP contribution >= 0.6 is 0 Å². The van der Waals surface area contributed by atoms with Crippen LogP contribution in [0.1, 0.15) is 43.7 Å². The number of rotatable bonds is 4. The molecular formula is C19H27NO. The Labute approximate surface area is 128 Å². The van der Waals surface area contributed by atoms with E-state index in [1.807, 2.05) is 0 Å². The van der Waals surface area contributed by atoms with Gasteiger partial charge in [0, 0.05) is 18.7 Å². The van der Waals surface area contributed by atoms with E-state index in [4.69, 9.17) is 4.74 Å². The molecule has 1 aromatic carbocycles. The van der Waals surface area contributed by atoms with Crippen LogP contribution in [0.15, 0.2) is 24.3 Å². The lowest BCUT2D eigenvalue weighted by molar-refractivity contribution is -0.0147. The van der Waals surface area contributed by atoms with Gasteiger partial charge in [0.1, 0.15) is 0 Å². The highest BCUT2D eigenvalue weighted by Crippen LogP contribution is 2.41. The van der Waals surface area contributed by atoms with Gasteiger partial charge in [0.2, 0.25) is 0 Å².